The Morgan fingerprint density at radius 2 is 0.844 bits per heavy atom. The molecule has 0 aromatic heterocycles. The van der Waals surface area contributed by atoms with Gasteiger partial charge in [0, 0.05) is 0 Å². The quantitative estimate of drug-likeness (QED) is 0.108. The normalized spacial score (nSPS) is 11.9. The fourth-order valence-electron chi connectivity index (χ4n) is 3.45. The molecule has 0 aliphatic carbocycles. The van der Waals surface area contributed by atoms with Crippen molar-refractivity contribution >= 4 is 10.1 Å². The summed E-state index contributed by atoms with van der Waals surface area (Å²) in [6.07, 6.45) is 11.1. The number of rotatable bonds is 13. The molecule has 0 spiro atoms. The van der Waals surface area contributed by atoms with E-state index in [1.807, 2.05) is 0 Å². The zero-order chi connectivity index (χ0) is 24.9. The summed E-state index contributed by atoms with van der Waals surface area (Å²) in [5, 5.41) is 0. The van der Waals surface area contributed by atoms with E-state index in [0.29, 0.717) is 0 Å². The van der Waals surface area contributed by atoms with Crippen LogP contribution < -0.4 is 0 Å². The zero-order valence-corrected chi connectivity index (χ0v) is 20.3. The van der Waals surface area contributed by atoms with Crippen LogP contribution >= 0.6 is 0 Å². The van der Waals surface area contributed by atoms with E-state index in [9.17, 15) is 34.9 Å². The van der Waals surface area contributed by atoms with Crippen molar-refractivity contribution in [1.29, 1.82) is 0 Å². The minimum atomic E-state index is -5.77. The van der Waals surface area contributed by atoms with Crippen molar-refractivity contribution in [1.82, 2.24) is 0 Å². The molecule has 0 aliphatic heterocycles. The minimum Gasteiger partial charge on any atom is -0.744 e. The number of nitrogens with zero attached hydrogens (tertiary/aromatic N) is 1. The van der Waals surface area contributed by atoms with Crippen LogP contribution in [0.3, 0.4) is 0 Å². The molecule has 1 aromatic carbocycles. The molecular weight excluding hydrogens is 453 g/mol. The van der Waals surface area contributed by atoms with Crippen molar-refractivity contribution in [3.05, 3.63) is 29.1 Å². The number of unbranched alkanes of at least 4 members (excludes halogenated alkanes) is 4. The predicted molar refractivity (Wildman–Crippen MR) is 114 cm³/mol. The molecule has 1 rings (SSSR count). The highest BCUT2D eigenvalue weighted by atomic mass is 32.2. The molecule has 0 amide bonds. The van der Waals surface area contributed by atoms with E-state index in [1.54, 1.807) is 0 Å². The summed E-state index contributed by atoms with van der Waals surface area (Å²) in [5.41, 5.74) is 0. The first-order valence-corrected chi connectivity index (χ1v) is 12.7. The first kappa shape index (κ1) is 30.7. The topological polar surface area (TPSA) is 57.2 Å². The lowest BCUT2D eigenvalue weighted by molar-refractivity contribution is -0.929. The average molecular weight is 490 g/mol. The maximum Gasteiger partial charge on any atom is 0.200 e. The monoisotopic (exact) mass is 489 g/mol. The zero-order valence-electron chi connectivity index (χ0n) is 19.5. The van der Waals surface area contributed by atoms with E-state index >= 15 is 0 Å². The Morgan fingerprint density at radius 3 is 1.06 bits per heavy atom. The van der Waals surface area contributed by atoms with Crippen LogP contribution in [0, 0.1) is 29.1 Å². The van der Waals surface area contributed by atoms with Gasteiger partial charge in [0.2, 0.25) is 5.82 Å². The van der Waals surface area contributed by atoms with Crippen molar-refractivity contribution < 1.29 is 39.4 Å². The van der Waals surface area contributed by atoms with Gasteiger partial charge < -0.3 is 9.04 Å². The molecular formula is C22H36F5NO3S. The van der Waals surface area contributed by atoms with E-state index in [2.05, 4.69) is 27.7 Å². The fourth-order valence-corrected chi connectivity index (χ4v) is 4.07. The Kier molecular flexibility index (Phi) is 14.2. The fraction of sp³-hybridized carbons (Fsp3) is 0.727. The Hall–Kier alpha value is -1.26. The van der Waals surface area contributed by atoms with Gasteiger partial charge in [-0.15, -0.1) is 0 Å². The first-order valence-electron chi connectivity index (χ1n) is 11.2. The van der Waals surface area contributed by atoms with Gasteiger partial charge in [-0.05, 0) is 25.7 Å². The third kappa shape index (κ3) is 9.31. The average Bonchev–Trinajstić information content (AvgIpc) is 2.75. The molecule has 10 heteroatoms. The summed E-state index contributed by atoms with van der Waals surface area (Å²) in [6.45, 7) is 15.0. The lowest BCUT2D eigenvalue weighted by atomic mass is 10.1. The van der Waals surface area contributed by atoms with Crippen molar-refractivity contribution in [2.24, 2.45) is 0 Å². The molecule has 0 fully saturated rings. The van der Waals surface area contributed by atoms with Crippen LogP contribution in [0.1, 0.15) is 79.1 Å². The van der Waals surface area contributed by atoms with E-state index in [4.69, 9.17) is 0 Å². The molecule has 188 valence electrons. The maximum absolute atomic E-state index is 12.6. The molecule has 0 saturated heterocycles. The molecule has 0 unspecified atom stereocenters. The SMILES string of the molecule is CCCC[N+](CCCC)(CCCC)CCCC.O=S(=O)([O-])c1c(F)c(F)c(F)c(F)c1F. The van der Waals surface area contributed by atoms with E-state index < -0.39 is 44.1 Å². The Bertz CT molecular complexity index is 737. The Labute approximate surface area is 189 Å². The van der Waals surface area contributed by atoms with Gasteiger partial charge in [0.1, 0.15) is 15.0 Å². The standard InChI is InChI=1S/C16H36N.C6HF5O3S/c1-5-9-13-17(14-10-6-2,15-11-7-3)16-12-8-4;7-1-2(8)4(10)6(15(12,13)14)5(11)3(1)9/h5-16H2,1-4H3;(H,12,13,14)/q+1;/p-1. The van der Waals surface area contributed by atoms with Crippen LogP contribution in [0.5, 0.6) is 0 Å². The minimum absolute atomic E-state index is 1.35. The van der Waals surface area contributed by atoms with Crippen molar-refractivity contribution in [3.8, 4) is 0 Å². The van der Waals surface area contributed by atoms with Gasteiger partial charge in [-0.25, -0.2) is 30.4 Å². The largest absolute Gasteiger partial charge is 0.744 e. The molecule has 32 heavy (non-hydrogen) atoms. The number of quaternary nitrogens is 1. The summed E-state index contributed by atoms with van der Waals surface area (Å²) in [4.78, 5) is -2.38. The molecule has 0 atom stereocenters. The lowest BCUT2D eigenvalue weighted by Gasteiger charge is -2.39. The predicted octanol–water partition coefficient (Wildman–Crippen LogP) is 6.29. The summed E-state index contributed by atoms with van der Waals surface area (Å²) in [6, 6.07) is 0. The highest BCUT2D eigenvalue weighted by Crippen LogP contribution is 2.26. The van der Waals surface area contributed by atoms with Crippen molar-refractivity contribution in [2.75, 3.05) is 26.2 Å². The second-order valence-electron chi connectivity index (χ2n) is 8.00. The van der Waals surface area contributed by atoms with Gasteiger partial charge in [0.05, 0.1) is 26.2 Å². The Balaban J connectivity index is 0.000000604. The van der Waals surface area contributed by atoms with Crippen LogP contribution in [-0.2, 0) is 10.1 Å². The van der Waals surface area contributed by atoms with Gasteiger partial charge in [-0.1, -0.05) is 53.4 Å². The molecule has 0 radical (unpaired) electrons. The van der Waals surface area contributed by atoms with E-state index in [-0.39, 0.29) is 0 Å². The van der Waals surface area contributed by atoms with Crippen LogP contribution in [0.15, 0.2) is 4.90 Å². The van der Waals surface area contributed by atoms with Crippen molar-refractivity contribution in [2.45, 2.75) is 84.0 Å². The van der Waals surface area contributed by atoms with E-state index in [1.165, 1.54) is 82.0 Å². The summed E-state index contributed by atoms with van der Waals surface area (Å²) in [7, 11) is -5.77. The molecule has 4 nitrogen and oxygen atoms in total. The van der Waals surface area contributed by atoms with Gasteiger partial charge in [0.15, 0.2) is 23.3 Å². The molecule has 0 aliphatic rings. The molecule has 1 aromatic rings. The number of hydrogen-bond acceptors (Lipinski definition) is 3. The van der Waals surface area contributed by atoms with Gasteiger partial charge in [-0.2, -0.15) is 0 Å². The smallest absolute Gasteiger partial charge is 0.200 e. The highest BCUT2D eigenvalue weighted by Gasteiger charge is 2.29. The molecule has 0 heterocycles. The van der Waals surface area contributed by atoms with Crippen LogP contribution in [0.25, 0.3) is 0 Å². The van der Waals surface area contributed by atoms with Crippen LogP contribution in [-0.4, -0.2) is 43.6 Å². The van der Waals surface area contributed by atoms with Gasteiger partial charge in [-0.3, -0.25) is 0 Å². The lowest BCUT2D eigenvalue weighted by Crippen LogP contribution is -2.50. The number of halogens is 5. The van der Waals surface area contributed by atoms with Gasteiger partial charge >= 0.3 is 0 Å². The number of hydrogen-bond donors (Lipinski definition) is 0. The summed E-state index contributed by atoms with van der Waals surface area (Å²) in [5.74, 6) is -12.8. The van der Waals surface area contributed by atoms with E-state index in [0.717, 1.165) is 0 Å². The number of benzene rings is 1. The second-order valence-corrected chi connectivity index (χ2v) is 9.32. The maximum atomic E-state index is 12.6. The molecule has 0 bridgehead atoms. The van der Waals surface area contributed by atoms with Crippen LogP contribution in [0.2, 0.25) is 0 Å². The summed E-state index contributed by atoms with van der Waals surface area (Å²) < 4.78 is 94.3. The highest BCUT2D eigenvalue weighted by molar-refractivity contribution is 7.85. The Morgan fingerprint density at radius 1 is 0.594 bits per heavy atom. The third-order valence-electron chi connectivity index (χ3n) is 5.36. The first-order chi connectivity index (χ1) is 14.9. The van der Waals surface area contributed by atoms with Crippen LogP contribution in [0.4, 0.5) is 22.0 Å². The second kappa shape index (κ2) is 14.8. The molecule has 0 N–H and O–H groups in total. The molecule has 0 saturated carbocycles. The van der Waals surface area contributed by atoms with Gasteiger partial charge in [0.25, 0.3) is 0 Å². The summed E-state index contributed by atoms with van der Waals surface area (Å²) >= 11 is 0. The van der Waals surface area contributed by atoms with Crippen molar-refractivity contribution in [3.63, 3.8) is 0 Å². The third-order valence-corrected chi connectivity index (χ3v) is 6.22.